The van der Waals surface area contributed by atoms with E-state index in [9.17, 15) is 18.0 Å². The van der Waals surface area contributed by atoms with Crippen LogP contribution in [0.1, 0.15) is 23.6 Å². The summed E-state index contributed by atoms with van der Waals surface area (Å²) in [6.07, 6.45) is 0. The molecule has 0 spiro atoms. The van der Waals surface area contributed by atoms with E-state index in [1.165, 1.54) is 6.07 Å². The molecule has 26 heavy (non-hydrogen) atoms. The number of aryl methyl sites for hydroxylation is 2. The molecule has 1 aliphatic rings. The summed E-state index contributed by atoms with van der Waals surface area (Å²) in [7, 11) is -3.78. The van der Waals surface area contributed by atoms with Gasteiger partial charge in [-0.15, -0.1) is 0 Å². The maximum atomic E-state index is 12.7. The SMILES string of the molecule is Cc1ccc(S(=O)(=O)Nc2cccc([C@]3(C)NC(=O)NC3=O)c2)c(C)c1. The van der Waals surface area contributed by atoms with Crippen molar-refractivity contribution in [2.24, 2.45) is 0 Å². The molecule has 3 amide bonds. The summed E-state index contributed by atoms with van der Waals surface area (Å²) in [5, 5.41) is 4.74. The molecule has 8 heteroatoms. The molecule has 1 fully saturated rings. The molecule has 7 nitrogen and oxygen atoms in total. The minimum atomic E-state index is -3.78. The van der Waals surface area contributed by atoms with E-state index in [2.05, 4.69) is 15.4 Å². The second kappa shape index (κ2) is 6.14. The lowest BCUT2D eigenvalue weighted by Gasteiger charge is -2.22. The highest BCUT2D eigenvalue weighted by atomic mass is 32.2. The maximum absolute atomic E-state index is 12.7. The molecule has 1 saturated heterocycles. The lowest BCUT2D eigenvalue weighted by atomic mass is 9.92. The Morgan fingerprint density at radius 2 is 1.77 bits per heavy atom. The fourth-order valence-electron chi connectivity index (χ4n) is 2.95. The Hall–Kier alpha value is -2.87. The molecule has 0 radical (unpaired) electrons. The van der Waals surface area contributed by atoms with Crippen LogP contribution in [-0.2, 0) is 20.4 Å². The summed E-state index contributed by atoms with van der Waals surface area (Å²) < 4.78 is 27.9. The Balaban J connectivity index is 1.94. The summed E-state index contributed by atoms with van der Waals surface area (Å²) in [5.41, 5.74) is 1.14. The molecule has 0 aromatic heterocycles. The number of amides is 3. The van der Waals surface area contributed by atoms with Crippen LogP contribution in [0.5, 0.6) is 0 Å². The molecule has 3 rings (SSSR count). The Labute approximate surface area is 151 Å². The average Bonchev–Trinajstić information content (AvgIpc) is 2.80. The number of benzene rings is 2. The second-order valence-electron chi connectivity index (χ2n) is 6.49. The maximum Gasteiger partial charge on any atom is 0.322 e. The van der Waals surface area contributed by atoms with Gasteiger partial charge in [-0.3, -0.25) is 14.8 Å². The van der Waals surface area contributed by atoms with Gasteiger partial charge in [0.15, 0.2) is 0 Å². The standard InChI is InChI=1S/C18H19N3O4S/c1-11-7-8-15(12(2)9-11)26(24,25)21-14-6-4-5-13(10-14)18(3)16(22)19-17(23)20-18/h4-10,21H,1-3H3,(H2,19,20,22,23)/t18-/m0/s1. The van der Waals surface area contributed by atoms with Crippen molar-refractivity contribution in [1.29, 1.82) is 0 Å². The number of carbonyl (C=O) groups excluding carboxylic acids is 2. The molecule has 1 atom stereocenters. The van der Waals surface area contributed by atoms with Crippen LogP contribution in [-0.4, -0.2) is 20.4 Å². The first-order chi connectivity index (χ1) is 12.1. The van der Waals surface area contributed by atoms with Gasteiger partial charge in [-0.25, -0.2) is 13.2 Å². The Morgan fingerprint density at radius 3 is 2.38 bits per heavy atom. The van der Waals surface area contributed by atoms with Crippen molar-refractivity contribution in [1.82, 2.24) is 10.6 Å². The predicted molar refractivity (Wildman–Crippen MR) is 97.2 cm³/mol. The summed E-state index contributed by atoms with van der Waals surface area (Å²) >= 11 is 0. The number of sulfonamides is 1. The lowest BCUT2D eigenvalue weighted by molar-refractivity contribution is -0.123. The van der Waals surface area contributed by atoms with E-state index in [0.29, 0.717) is 16.8 Å². The minimum Gasteiger partial charge on any atom is -0.320 e. The fraction of sp³-hybridized carbons (Fsp3) is 0.222. The van der Waals surface area contributed by atoms with Crippen LogP contribution in [0.3, 0.4) is 0 Å². The first-order valence-corrected chi connectivity index (χ1v) is 9.44. The minimum absolute atomic E-state index is 0.187. The number of nitrogens with one attached hydrogen (secondary N) is 3. The monoisotopic (exact) mass is 373 g/mol. The van der Waals surface area contributed by atoms with Crippen LogP contribution >= 0.6 is 0 Å². The van der Waals surface area contributed by atoms with Gasteiger partial charge in [-0.05, 0) is 50.1 Å². The van der Waals surface area contributed by atoms with Crippen LogP contribution in [0.2, 0.25) is 0 Å². The molecule has 0 unspecified atom stereocenters. The van der Waals surface area contributed by atoms with Gasteiger partial charge in [0.05, 0.1) is 4.90 Å². The summed E-state index contributed by atoms with van der Waals surface area (Å²) in [4.78, 5) is 23.7. The molecule has 1 aliphatic heterocycles. The van der Waals surface area contributed by atoms with Crippen molar-refractivity contribution >= 4 is 27.6 Å². The van der Waals surface area contributed by atoms with Crippen LogP contribution in [0.15, 0.2) is 47.4 Å². The van der Waals surface area contributed by atoms with Crippen LogP contribution < -0.4 is 15.4 Å². The van der Waals surface area contributed by atoms with Gasteiger partial charge in [0.25, 0.3) is 15.9 Å². The first kappa shape index (κ1) is 17.9. The molecule has 3 N–H and O–H groups in total. The number of rotatable bonds is 4. The van der Waals surface area contributed by atoms with Gasteiger partial charge in [0, 0.05) is 5.69 Å². The van der Waals surface area contributed by atoms with Gasteiger partial charge in [-0.1, -0.05) is 29.8 Å². The summed E-state index contributed by atoms with van der Waals surface area (Å²) in [6.45, 7) is 5.18. The zero-order chi connectivity index (χ0) is 19.1. The summed E-state index contributed by atoms with van der Waals surface area (Å²) in [6, 6.07) is 10.9. The molecule has 2 aromatic carbocycles. The van der Waals surface area contributed by atoms with Crippen molar-refractivity contribution in [3.05, 3.63) is 59.2 Å². The average molecular weight is 373 g/mol. The van der Waals surface area contributed by atoms with Gasteiger partial charge in [-0.2, -0.15) is 0 Å². The van der Waals surface area contributed by atoms with E-state index in [1.807, 2.05) is 6.92 Å². The largest absolute Gasteiger partial charge is 0.322 e. The molecule has 1 heterocycles. The van der Waals surface area contributed by atoms with E-state index in [-0.39, 0.29) is 4.90 Å². The fourth-order valence-corrected chi connectivity index (χ4v) is 4.23. The van der Waals surface area contributed by atoms with Crippen molar-refractivity contribution in [2.45, 2.75) is 31.2 Å². The molecular weight excluding hydrogens is 354 g/mol. The number of urea groups is 1. The van der Waals surface area contributed by atoms with E-state index >= 15 is 0 Å². The number of carbonyl (C=O) groups is 2. The zero-order valence-electron chi connectivity index (χ0n) is 14.6. The molecule has 136 valence electrons. The number of hydrogen-bond donors (Lipinski definition) is 3. The third-order valence-corrected chi connectivity index (χ3v) is 5.90. The molecular formula is C18H19N3O4S. The van der Waals surface area contributed by atoms with Gasteiger partial charge < -0.3 is 5.32 Å². The van der Waals surface area contributed by atoms with Gasteiger partial charge in [0.2, 0.25) is 0 Å². The van der Waals surface area contributed by atoms with Crippen molar-refractivity contribution in [2.75, 3.05) is 4.72 Å². The highest BCUT2D eigenvalue weighted by Crippen LogP contribution is 2.28. The number of hydrogen-bond acceptors (Lipinski definition) is 4. The zero-order valence-corrected chi connectivity index (χ0v) is 15.4. The quantitative estimate of drug-likeness (QED) is 0.714. The number of anilines is 1. The Bertz CT molecular complexity index is 1020. The van der Waals surface area contributed by atoms with E-state index in [4.69, 9.17) is 0 Å². The Morgan fingerprint density at radius 1 is 1.04 bits per heavy atom. The molecule has 0 saturated carbocycles. The van der Waals surface area contributed by atoms with Gasteiger partial charge in [0.1, 0.15) is 5.54 Å². The Kier molecular flexibility index (Phi) is 4.23. The molecule has 0 aliphatic carbocycles. The van der Waals surface area contributed by atoms with Crippen LogP contribution in [0, 0.1) is 13.8 Å². The van der Waals surface area contributed by atoms with Gasteiger partial charge >= 0.3 is 6.03 Å². The topological polar surface area (TPSA) is 104 Å². The highest BCUT2D eigenvalue weighted by molar-refractivity contribution is 7.92. The molecule has 2 aromatic rings. The van der Waals surface area contributed by atoms with E-state index in [0.717, 1.165) is 5.56 Å². The molecule has 0 bridgehead atoms. The van der Waals surface area contributed by atoms with Crippen molar-refractivity contribution in [3.8, 4) is 0 Å². The highest BCUT2D eigenvalue weighted by Gasteiger charge is 2.43. The van der Waals surface area contributed by atoms with Crippen molar-refractivity contribution in [3.63, 3.8) is 0 Å². The second-order valence-corrected chi connectivity index (χ2v) is 8.14. The lowest BCUT2D eigenvalue weighted by Crippen LogP contribution is -2.40. The smallest absolute Gasteiger partial charge is 0.320 e. The third-order valence-electron chi connectivity index (χ3n) is 4.36. The van der Waals surface area contributed by atoms with E-state index in [1.54, 1.807) is 50.2 Å². The third kappa shape index (κ3) is 3.15. The normalized spacial score (nSPS) is 19.8. The van der Waals surface area contributed by atoms with Crippen LogP contribution in [0.4, 0.5) is 10.5 Å². The first-order valence-electron chi connectivity index (χ1n) is 7.96. The van der Waals surface area contributed by atoms with Crippen LogP contribution in [0.25, 0.3) is 0 Å². The number of imide groups is 1. The summed E-state index contributed by atoms with van der Waals surface area (Å²) in [5.74, 6) is -0.489. The van der Waals surface area contributed by atoms with Crippen molar-refractivity contribution < 1.29 is 18.0 Å². The predicted octanol–water partition coefficient (Wildman–Crippen LogP) is 2.16. The van der Waals surface area contributed by atoms with E-state index < -0.39 is 27.5 Å².